The number of halogens is 6. The molecule has 1 aliphatic rings. The van der Waals surface area contributed by atoms with Gasteiger partial charge in [0.25, 0.3) is 0 Å². The highest BCUT2D eigenvalue weighted by atomic mass is 19.4. The summed E-state index contributed by atoms with van der Waals surface area (Å²) in [5.74, 6) is -5.51. The Morgan fingerprint density at radius 3 is 1.91 bits per heavy atom. The molecule has 1 aliphatic heterocycles. The summed E-state index contributed by atoms with van der Waals surface area (Å²) in [6.07, 6.45) is -3.91. The van der Waals surface area contributed by atoms with Gasteiger partial charge in [-0.2, -0.15) is 26.3 Å². The predicted octanol–water partition coefficient (Wildman–Crippen LogP) is 4.18. The molecule has 0 unspecified atom stereocenters. The van der Waals surface area contributed by atoms with Gasteiger partial charge in [0.05, 0.1) is 6.10 Å². The average Bonchev–Trinajstić information content (AvgIpc) is 3.16. The zero-order valence-electron chi connectivity index (χ0n) is 18.5. The normalized spacial score (nSPS) is 18.0. The molecule has 2 heterocycles. The van der Waals surface area contributed by atoms with Crippen LogP contribution in [0.3, 0.4) is 0 Å². The molecule has 2 aromatic rings. The fourth-order valence-corrected chi connectivity index (χ4v) is 3.20. The molecule has 0 spiro atoms. The molecule has 3 rings (SSSR count). The Bertz CT molecular complexity index is 886. The number of pyridine rings is 1. The van der Waals surface area contributed by atoms with Crippen molar-refractivity contribution in [1.82, 2.24) is 9.88 Å². The smallest absolute Gasteiger partial charge is 0.475 e. The minimum absolute atomic E-state index is 0.321. The number of nitrogens with zero attached hydrogens (tertiary/aromatic N) is 2. The van der Waals surface area contributed by atoms with Crippen LogP contribution in [0.25, 0.3) is 0 Å². The van der Waals surface area contributed by atoms with Crippen molar-refractivity contribution >= 4 is 11.9 Å². The third-order valence-corrected chi connectivity index (χ3v) is 4.78. The van der Waals surface area contributed by atoms with Gasteiger partial charge in [-0.3, -0.25) is 9.88 Å². The maximum atomic E-state index is 10.6. The molecule has 2 atom stereocenters. The van der Waals surface area contributed by atoms with Crippen molar-refractivity contribution in [1.29, 1.82) is 0 Å². The molecule has 0 saturated carbocycles. The van der Waals surface area contributed by atoms with Crippen molar-refractivity contribution < 1.29 is 50.9 Å². The quantitative estimate of drug-likeness (QED) is 0.583. The van der Waals surface area contributed by atoms with E-state index >= 15 is 0 Å². The van der Waals surface area contributed by atoms with E-state index in [0.717, 1.165) is 25.9 Å². The van der Waals surface area contributed by atoms with Crippen molar-refractivity contribution in [2.45, 2.75) is 43.9 Å². The standard InChI is InChI=1S/C18H22N2O.2C2HF3O2/c1-21-18-9-11-20(14-16-8-5-10-19-13-16)17(18)12-15-6-3-2-4-7-15;2*3-2(4,5)1(6)7/h2-8,10,13,17-18H,9,11-12,14H2,1H3;2*(H,6,7)/t17-,18+;;/m0../s1. The van der Waals surface area contributed by atoms with E-state index in [2.05, 4.69) is 46.3 Å². The maximum absolute atomic E-state index is 10.6. The predicted molar refractivity (Wildman–Crippen MR) is 111 cm³/mol. The largest absolute Gasteiger partial charge is 0.490 e. The average molecular weight is 510 g/mol. The van der Waals surface area contributed by atoms with E-state index in [0.29, 0.717) is 12.1 Å². The number of hydrogen-bond acceptors (Lipinski definition) is 5. The molecule has 0 aliphatic carbocycles. The molecular formula is C22H24F6N2O5. The van der Waals surface area contributed by atoms with Crippen LogP contribution in [0.1, 0.15) is 17.5 Å². The van der Waals surface area contributed by atoms with Crippen LogP contribution in [0.4, 0.5) is 26.3 Å². The lowest BCUT2D eigenvalue weighted by atomic mass is 10.0. The van der Waals surface area contributed by atoms with E-state index in [1.807, 2.05) is 25.6 Å². The molecule has 35 heavy (non-hydrogen) atoms. The first-order valence-electron chi connectivity index (χ1n) is 10.1. The van der Waals surface area contributed by atoms with Gasteiger partial charge >= 0.3 is 24.3 Å². The monoisotopic (exact) mass is 510 g/mol. The molecule has 7 nitrogen and oxygen atoms in total. The summed E-state index contributed by atoms with van der Waals surface area (Å²) in [5, 5.41) is 14.2. The number of carboxylic acids is 2. The Morgan fingerprint density at radius 2 is 1.49 bits per heavy atom. The molecule has 1 saturated heterocycles. The van der Waals surface area contributed by atoms with Crippen LogP contribution < -0.4 is 0 Å². The van der Waals surface area contributed by atoms with Crippen LogP contribution in [0.15, 0.2) is 54.9 Å². The fourth-order valence-electron chi connectivity index (χ4n) is 3.20. The van der Waals surface area contributed by atoms with E-state index in [1.165, 1.54) is 11.1 Å². The number of alkyl halides is 6. The molecule has 2 N–H and O–H groups in total. The number of carboxylic acid groups (broad SMARTS) is 2. The number of aromatic nitrogens is 1. The van der Waals surface area contributed by atoms with Crippen LogP contribution in [-0.2, 0) is 27.3 Å². The number of carbonyl (C=O) groups is 2. The Labute approximate surface area is 197 Å². The van der Waals surface area contributed by atoms with Crippen molar-refractivity contribution in [3.05, 3.63) is 66.0 Å². The molecule has 0 radical (unpaired) electrons. The van der Waals surface area contributed by atoms with E-state index in [-0.39, 0.29) is 0 Å². The van der Waals surface area contributed by atoms with Gasteiger partial charge < -0.3 is 14.9 Å². The number of rotatable bonds is 5. The van der Waals surface area contributed by atoms with Gasteiger partial charge in [0.15, 0.2) is 0 Å². The Morgan fingerprint density at radius 1 is 0.971 bits per heavy atom. The summed E-state index contributed by atoms with van der Waals surface area (Å²) < 4.78 is 69.2. The van der Waals surface area contributed by atoms with Gasteiger partial charge in [0.1, 0.15) is 0 Å². The maximum Gasteiger partial charge on any atom is 0.490 e. The van der Waals surface area contributed by atoms with E-state index in [4.69, 9.17) is 24.5 Å². The van der Waals surface area contributed by atoms with Gasteiger partial charge in [0.2, 0.25) is 0 Å². The highest BCUT2D eigenvalue weighted by Crippen LogP contribution is 2.25. The molecule has 1 aromatic carbocycles. The lowest BCUT2D eigenvalue weighted by molar-refractivity contribution is -0.193. The van der Waals surface area contributed by atoms with Crippen molar-refractivity contribution in [3.63, 3.8) is 0 Å². The summed E-state index contributed by atoms with van der Waals surface area (Å²) >= 11 is 0. The molecule has 194 valence electrons. The lowest BCUT2D eigenvalue weighted by Gasteiger charge is -2.27. The summed E-state index contributed by atoms with van der Waals surface area (Å²) in [6.45, 7) is 2.04. The van der Waals surface area contributed by atoms with Crippen LogP contribution >= 0.6 is 0 Å². The second kappa shape index (κ2) is 13.6. The number of aliphatic carboxylic acids is 2. The number of hydrogen-bond donors (Lipinski definition) is 2. The fraction of sp³-hybridized carbons (Fsp3) is 0.409. The SMILES string of the molecule is CO[C@@H]1CCN(Cc2cccnc2)[C@H]1Cc1ccccc1.O=C(O)C(F)(F)F.O=C(O)C(F)(F)F. The molecule has 13 heteroatoms. The number of likely N-dealkylation sites (tertiary alicyclic amines) is 1. The van der Waals surface area contributed by atoms with Gasteiger partial charge in [0, 0.05) is 38.6 Å². The third kappa shape index (κ3) is 11.2. The van der Waals surface area contributed by atoms with Crippen molar-refractivity contribution in [2.24, 2.45) is 0 Å². The Balaban J connectivity index is 0.000000362. The molecule has 0 amide bonds. The van der Waals surface area contributed by atoms with E-state index in [9.17, 15) is 26.3 Å². The topological polar surface area (TPSA) is 100.0 Å². The highest BCUT2D eigenvalue weighted by molar-refractivity contribution is 5.73. The second-order valence-electron chi connectivity index (χ2n) is 7.26. The summed E-state index contributed by atoms with van der Waals surface area (Å²) in [6, 6.07) is 15.3. The Kier molecular flexibility index (Phi) is 11.6. The van der Waals surface area contributed by atoms with Gasteiger partial charge in [-0.1, -0.05) is 36.4 Å². The summed E-state index contributed by atoms with van der Waals surface area (Å²) in [5.41, 5.74) is 2.65. The molecule has 1 fully saturated rings. The van der Waals surface area contributed by atoms with Gasteiger partial charge in [-0.05, 0) is 30.0 Å². The summed E-state index contributed by atoms with van der Waals surface area (Å²) in [7, 11) is 1.83. The van der Waals surface area contributed by atoms with E-state index < -0.39 is 24.3 Å². The lowest BCUT2D eigenvalue weighted by Crippen LogP contribution is -2.37. The van der Waals surface area contributed by atoms with Crippen LogP contribution in [0.2, 0.25) is 0 Å². The van der Waals surface area contributed by atoms with Crippen LogP contribution in [0, 0.1) is 0 Å². The zero-order chi connectivity index (χ0) is 26.6. The molecular weight excluding hydrogens is 486 g/mol. The van der Waals surface area contributed by atoms with Crippen molar-refractivity contribution in [2.75, 3.05) is 13.7 Å². The number of benzene rings is 1. The highest BCUT2D eigenvalue weighted by Gasteiger charge is 2.39. The summed E-state index contributed by atoms with van der Waals surface area (Å²) in [4.78, 5) is 24.5. The van der Waals surface area contributed by atoms with Crippen LogP contribution in [0.5, 0.6) is 0 Å². The molecule has 1 aromatic heterocycles. The first-order chi connectivity index (χ1) is 16.3. The first kappa shape index (κ1) is 29.8. The number of ether oxygens (including phenoxy) is 1. The second-order valence-corrected chi connectivity index (χ2v) is 7.26. The van der Waals surface area contributed by atoms with Crippen molar-refractivity contribution in [3.8, 4) is 0 Å². The minimum Gasteiger partial charge on any atom is -0.475 e. The van der Waals surface area contributed by atoms with Crippen LogP contribution in [-0.4, -0.2) is 70.2 Å². The first-order valence-corrected chi connectivity index (χ1v) is 10.1. The zero-order valence-corrected chi connectivity index (χ0v) is 18.5. The van der Waals surface area contributed by atoms with E-state index in [1.54, 1.807) is 0 Å². The molecule has 0 bridgehead atoms. The minimum atomic E-state index is -5.08. The van der Waals surface area contributed by atoms with Gasteiger partial charge in [-0.25, -0.2) is 9.59 Å². The number of methoxy groups -OCH3 is 1. The third-order valence-electron chi connectivity index (χ3n) is 4.78. The van der Waals surface area contributed by atoms with Gasteiger partial charge in [-0.15, -0.1) is 0 Å². The Hall–Kier alpha value is -3.19.